The van der Waals surface area contributed by atoms with E-state index < -0.39 is 0 Å². The minimum Gasteiger partial charge on any atom is -0.394 e. The predicted octanol–water partition coefficient (Wildman–Crippen LogP) is 1.86. The Labute approximate surface area is 143 Å². The van der Waals surface area contributed by atoms with Crippen LogP contribution in [0.3, 0.4) is 0 Å². The zero-order valence-electron chi connectivity index (χ0n) is 14.9. The molecule has 1 aromatic heterocycles. The quantitative estimate of drug-likeness (QED) is 0.512. The number of hydrogen-bond donors (Lipinski definition) is 4. The topological polar surface area (TPSA) is 104 Å². The number of nitrogens with zero attached hydrogens (tertiary/aromatic N) is 3. The van der Waals surface area contributed by atoms with E-state index in [0.717, 1.165) is 32.3 Å². The first-order valence-electron chi connectivity index (χ1n) is 8.90. The summed E-state index contributed by atoms with van der Waals surface area (Å²) in [5, 5.41) is 19.0. The lowest BCUT2D eigenvalue weighted by Gasteiger charge is -2.18. The van der Waals surface area contributed by atoms with Gasteiger partial charge >= 0.3 is 0 Å². The van der Waals surface area contributed by atoms with Crippen LogP contribution in [0, 0.1) is 0 Å². The number of anilines is 3. The second-order valence-electron chi connectivity index (χ2n) is 6.21. The Kier molecular flexibility index (Phi) is 7.45. The van der Waals surface area contributed by atoms with E-state index in [9.17, 15) is 5.11 Å². The molecule has 0 radical (unpaired) electrons. The standard InChI is InChI=1S/C16H30N6O2/c1-4-11(3)18-15-20-14(17-9-13-7-6-8-24-13)21-16(22-15)19-12(5-2)10-23/h11-13,23H,4-10H2,1-3H3,(H3,17,18,19,20,21,22)/t11?,12-,13?/m1/s1. The molecule has 0 aromatic carbocycles. The summed E-state index contributed by atoms with van der Waals surface area (Å²) in [5.74, 6) is 1.51. The second-order valence-corrected chi connectivity index (χ2v) is 6.21. The number of aliphatic hydroxyl groups is 1. The van der Waals surface area contributed by atoms with Gasteiger partial charge in [0.15, 0.2) is 0 Å². The van der Waals surface area contributed by atoms with Crippen molar-refractivity contribution in [3.8, 4) is 0 Å². The Bertz CT molecular complexity index is 491. The van der Waals surface area contributed by atoms with Crippen molar-refractivity contribution in [1.82, 2.24) is 15.0 Å². The van der Waals surface area contributed by atoms with Crippen molar-refractivity contribution in [3.63, 3.8) is 0 Å². The lowest BCUT2D eigenvalue weighted by atomic mass is 10.2. The van der Waals surface area contributed by atoms with Crippen LogP contribution in [0.5, 0.6) is 0 Å². The lowest BCUT2D eigenvalue weighted by molar-refractivity contribution is 0.120. The zero-order chi connectivity index (χ0) is 17.4. The third-order valence-electron chi connectivity index (χ3n) is 4.18. The van der Waals surface area contributed by atoms with Gasteiger partial charge in [-0.3, -0.25) is 0 Å². The number of aromatic nitrogens is 3. The number of nitrogens with one attached hydrogen (secondary N) is 3. The summed E-state index contributed by atoms with van der Waals surface area (Å²) in [5.41, 5.74) is 0. The van der Waals surface area contributed by atoms with Crippen LogP contribution >= 0.6 is 0 Å². The first-order chi connectivity index (χ1) is 11.6. The van der Waals surface area contributed by atoms with Crippen LogP contribution < -0.4 is 16.0 Å². The molecule has 8 nitrogen and oxygen atoms in total. The maximum absolute atomic E-state index is 9.37. The van der Waals surface area contributed by atoms with E-state index in [-0.39, 0.29) is 24.8 Å². The molecule has 136 valence electrons. The van der Waals surface area contributed by atoms with E-state index in [1.165, 1.54) is 0 Å². The second kappa shape index (κ2) is 9.58. The Hall–Kier alpha value is -1.67. The molecule has 1 aliphatic rings. The third-order valence-corrected chi connectivity index (χ3v) is 4.18. The fraction of sp³-hybridized carbons (Fsp3) is 0.812. The normalized spacial score (nSPS) is 19.8. The summed E-state index contributed by atoms with van der Waals surface area (Å²) in [4.78, 5) is 13.3. The summed E-state index contributed by atoms with van der Waals surface area (Å²) in [6, 6.07) is 0.195. The van der Waals surface area contributed by atoms with Gasteiger partial charge in [0, 0.05) is 19.2 Å². The summed E-state index contributed by atoms with van der Waals surface area (Å²) < 4.78 is 5.62. The van der Waals surface area contributed by atoms with E-state index in [4.69, 9.17) is 4.74 Å². The van der Waals surface area contributed by atoms with E-state index in [1.807, 2.05) is 6.92 Å². The summed E-state index contributed by atoms with van der Waals surface area (Å²) in [6.07, 6.45) is 4.14. The fourth-order valence-electron chi connectivity index (χ4n) is 2.38. The smallest absolute Gasteiger partial charge is 0.229 e. The number of aliphatic hydroxyl groups excluding tert-OH is 1. The van der Waals surface area contributed by atoms with Gasteiger partial charge in [0.2, 0.25) is 17.8 Å². The first kappa shape index (κ1) is 18.7. The van der Waals surface area contributed by atoms with Crippen molar-refractivity contribution < 1.29 is 9.84 Å². The van der Waals surface area contributed by atoms with Gasteiger partial charge < -0.3 is 25.8 Å². The number of ether oxygens (including phenoxy) is 1. The SMILES string of the molecule is CCC(C)Nc1nc(NCC2CCCO2)nc(N[C@H](CC)CO)n1. The van der Waals surface area contributed by atoms with Gasteiger partial charge in [-0.1, -0.05) is 13.8 Å². The van der Waals surface area contributed by atoms with Crippen molar-refractivity contribution >= 4 is 17.8 Å². The maximum Gasteiger partial charge on any atom is 0.229 e. The van der Waals surface area contributed by atoms with Crippen LogP contribution in [-0.4, -0.2) is 58.0 Å². The molecule has 1 aliphatic heterocycles. The van der Waals surface area contributed by atoms with Crippen molar-refractivity contribution in [3.05, 3.63) is 0 Å². The van der Waals surface area contributed by atoms with Crippen molar-refractivity contribution in [1.29, 1.82) is 0 Å². The average Bonchev–Trinajstić information content (AvgIpc) is 3.11. The molecule has 24 heavy (non-hydrogen) atoms. The van der Waals surface area contributed by atoms with Crippen molar-refractivity contribution in [2.24, 2.45) is 0 Å². The van der Waals surface area contributed by atoms with Gasteiger partial charge in [0.25, 0.3) is 0 Å². The van der Waals surface area contributed by atoms with Crippen LogP contribution in [0.2, 0.25) is 0 Å². The van der Waals surface area contributed by atoms with Crippen molar-refractivity contribution in [2.45, 2.75) is 64.6 Å². The molecule has 3 atom stereocenters. The summed E-state index contributed by atoms with van der Waals surface area (Å²) >= 11 is 0. The Morgan fingerprint density at radius 3 is 2.42 bits per heavy atom. The Morgan fingerprint density at radius 1 is 1.12 bits per heavy atom. The highest BCUT2D eigenvalue weighted by Crippen LogP contribution is 2.15. The van der Waals surface area contributed by atoms with Crippen LogP contribution in [0.25, 0.3) is 0 Å². The molecule has 2 rings (SSSR count). The fourth-order valence-corrected chi connectivity index (χ4v) is 2.38. The molecule has 1 saturated heterocycles. The summed E-state index contributed by atoms with van der Waals surface area (Å²) in [7, 11) is 0. The average molecular weight is 338 g/mol. The molecule has 0 bridgehead atoms. The Balaban J connectivity index is 2.08. The molecule has 1 fully saturated rings. The highest BCUT2D eigenvalue weighted by atomic mass is 16.5. The van der Waals surface area contributed by atoms with Crippen LogP contribution in [0.4, 0.5) is 17.8 Å². The monoisotopic (exact) mass is 338 g/mol. The van der Waals surface area contributed by atoms with E-state index in [1.54, 1.807) is 0 Å². The largest absolute Gasteiger partial charge is 0.394 e. The van der Waals surface area contributed by atoms with E-state index >= 15 is 0 Å². The zero-order valence-corrected chi connectivity index (χ0v) is 14.9. The molecular formula is C16H30N6O2. The molecule has 2 unspecified atom stereocenters. The minimum absolute atomic E-state index is 0.0367. The maximum atomic E-state index is 9.37. The van der Waals surface area contributed by atoms with Gasteiger partial charge in [-0.15, -0.1) is 0 Å². The van der Waals surface area contributed by atoms with E-state index in [0.29, 0.717) is 24.4 Å². The molecule has 0 spiro atoms. The van der Waals surface area contributed by atoms with Gasteiger partial charge in [-0.2, -0.15) is 15.0 Å². The number of rotatable bonds is 10. The lowest BCUT2D eigenvalue weighted by Crippen LogP contribution is -2.26. The van der Waals surface area contributed by atoms with Crippen LogP contribution in [0.1, 0.15) is 46.5 Å². The minimum atomic E-state index is -0.0742. The Morgan fingerprint density at radius 2 is 1.83 bits per heavy atom. The third kappa shape index (κ3) is 5.76. The van der Waals surface area contributed by atoms with E-state index in [2.05, 4.69) is 44.7 Å². The molecule has 0 amide bonds. The highest BCUT2D eigenvalue weighted by Gasteiger charge is 2.17. The highest BCUT2D eigenvalue weighted by molar-refractivity contribution is 5.43. The van der Waals surface area contributed by atoms with Gasteiger partial charge in [0.05, 0.1) is 18.8 Å². The molecule has 2 heterocycles. The molecule has 0 saturated carbocycles. The van der Waals surface area contributed by atoms with Crippen LogP contribution in [-0.2, 0) is 4.74 Å². The molecule has 1 aromatic rings. The van der Waals surface area contributed by atoms with Crippen molar-refractivity contribution in [2.75, 3.05) is 35.7 Å². The van der Waals surface area contributed by atoms with Gasteiger partial charge in [-0.25, -0.2) is 0 Å². The summed E-state index contributed by atoms with van der Waals surface area (Å²) in [6.45, 7) is 7.74. The molecule has 0 aliphatic carbocycles. The van der Waals surface area contributed by atoms with Crippen LogP contribution in [0.15, 0.2) is 0 Å². The molecule has 4 N–H and O–H groups in total. The van der Waals surface area contributed by atoms with Gasteiger partial charge in [0.1, 0.15) is 0 Å². The molecule has 8 heteroatoms. The van der Waals surface area contributed by atoms with Gasteiger partial charge in [-0.05, 0) is 32.6 Å². The predicted molar refractivity (Wildman–Crippen MR) is 95.5 cm³/mol. The molecular weight excluding hydrogens is 308 g/mol. The first-order valence-corrected chi connectivity index (χ1v) is 8.90. The number of hydrogen-bond acceptors (Lipinski definition) is 8.